The smallest absolute Gasteiger partial charge is 0.259 e. The van der Waals surface area contributed by atoms with Crippen molar-refractivity contribution in [3.05, 3.63) is 40.8 Å². The van der Waals surface area contributed by atoms with Crippen LogP contribution in [0.2, 0.25) is 5.02 Å². The van der Waals surface area contributed by atoms with Gasteiger partial charge in [0.25, 0.3) is 5.91 Å². The van der Waals surface area contributed by atoms with Gasteiger partial charge in [-0.2, -0.15) is 0 Å². The molecular weight excluding hydrogens is 266 g/mol. The number of nitrogens with zero attached hydrogens (tertiary/aromatic N) is 2. The maximum absolute atomic E-state index is 12.0. The highest BCUT2D eigenvalue weighted by Crippen LogP contribution is 2.24. The Morgan fingerprint density at radius 3 is 2.74 bits per heavy atom. The van der Waals surface area contributed by atoms with Crippen LogP contribution in [-0.2, 0) is 5.41 Å². The molecule has 0 aliphatic rings. The third-order valence-corrected chi connectivity index (χ3v) is 2.83. The highest BCUT2D eigenvalue weighted by Gasteiger charge is 2.20. The Labute approximate surface area is 116 Å². The Morgan fingerprint density at radius 1 is 1.42 bits per heavy atom. The van der Waals surface area contributed by atoms with Crippen molar-refractivity contribution in [2.75, 3.05) is 5.32 Å². The van der Waals surface area contributed by atoms with Gasteiger partial charge in [-0.05, 0) is 6.07 Å². The van der Waals surface area contributed by atoms with Crippen molar-refractivity contribution in [1.29, 1.82) is 0 Å². The summed E-state index contributed by atoms with van der Waals surface area (Å²) in [6, 6.07) is 3.24. The van der Waals surface area contributed by atoms with E-state index in [2.05, 4.69) is 15.5 Å². The number of amides is 1. The second-order valence-corrected chi connectivity index (χ2v) is 5.54. The topological polar surface area (TPSA) is 68.0 Å². The van der Waals surface area contributed by atoms with E-state index in [9.17, 15) is 4.79 Å². The molecule has 0 aliphatic carbocycles. The lowest BCUT2D eigenvalue weighted by molar-refractivity contribution is 0.102. The Kier molecular flexibility index (Phi) is 3.57. The van der Waals surface area contributed by atoms with E-state index in [0.29, 0.717) is 11.4 Å². The molecule has 1 amide bonds. The summed E-state index contributed by atoms with van der Waals surface area (Å²) in [5, 5.41) is 6.82. The van der Waals surface area contributed by atoms with Crippen LogP contribution in [0.3, 0.4) is 0 Å². The van der Waals surface area contributed by atoms with Gasteiger partial charge in [-0.15, -0.1) is 0 Å². The number of carbonyl (C=O) groups excluding carboxylic acids is 1. The fraction of sp³-hybridized carbons (Fsp3) is 0.308. The molecule has 0 aliphatic heterocycles. The molecule has 2 heterocycles. The Balaban J connectivity index is 2.16. The molecule has 2 rings (SSSR count). The van der Waals surface area contributed by atoms with E-state index in [1.165, 1.54) is 12.4 Å². The Morgan fingerprint density at radius 2 is 2.16 bits per heavy atom. The Hall–Kier alpha value is -1.88. The number of nitrogens with one attached hydrogen (secondary N) is 1. The molecule has 0 aromatic carbocycles. The third-order valence-electron chi connectivity index (χ3n) is 2.53. The molecule has 100 valence electrons. The minimum Gasteiger partial charge on any atom is -0.338 e. The Bertz CT molecular complexity index is 602. The molecule has 0 radical (unpaired) electrons. The van der Waals surface area contributed by atoms with Crippen LogP contribution in [-0.4, -0.2) is 16.0 Å². The van der Waals surface area contributed by atoms with Gasteiger partial charge in [-0.3, -0.25) is 15.1 Å². The first-order valence-corrected chi connectivity index (χ1v) is 6.14. The molecule has 19 heavy (non-hydrogen) atoms. The van der Waals surface area contributed by atoms with Gasteiger partial charge in [-0.1, -0.05) is 37.5 Å². The summed E-state index contributed by atoms with van der Waals surface area (Å²) in [4.78, 5) is 15.8. The maximum atomic E-state index is 12.0. The minimum absolute atomic E-state index is 0.138. The number of halogens is 1. The first-order chi connectivity index (χ1) is 8.88. The lowest BCUT2D eigenvalue weighted by atomic mass is 9.92. The van der Waals surface area contributed by atoms with Crippen LogP contribution >= 0.6 is 11.6 Å². The van der Waals surface area contributed by atoms with E-state index in [1.54, 1.807) is 12.1 Å². The summed E-state index contributed by atoms with van der Waals surface area (Å²) < 4.78 is 5.08. The number of hydrogen-bond donors (Lipinski definition) is 1. The molecule has 0 bridgehead atoms. The average Bonchev–Trinajstić information content (AvgIpc) is 2.77. The van der Waals surface area contributed by atoms with Gasteiger partial charge in [0.1, 0.15) is 0 Å². The predicted octanol–water partition coefficient (Wildman–Crippen LogP) is 3.27. The van der Waals surface area contributed by atoms with Crippen LogP contribution in [0, 0.1) is 0 Å². The van der Waals surface area contributed by atoms with Gasteiger partial charge in [-0.25, -0.2) is 0 Å². The van der Waals surface area contributed by atoms with Gasteiger partial charge >= 0.3 is 0 Å². The standard InChI is InChI=1S/C13H14ClN3O2/c1-13(2,3)10-6-11(19-17-10)16-12(18)8-4-5-15-7-9(8)14/h4-7H,1-3H3,(H,16,18). The molecule has 0 fully saturated rings. The van der Waals surface area contributed by atoms with Crippen LogP contribution in [0.1, 0.15) is 36.8 Å². The zero-order valence-electron chi connectivity index (χ0n) is 10.9. The van der Waals surface area contributed by atoms with Gasteiger partial charge in [0, 0.05) is 23.9 Å². The van der Waals surface area contributed by atoms with Gasteiger partial charge in [0.2, 0.25) is 5.88 Å². The van der Waals surface area contributed by atoms with Crippen molar-refractivity contribution >= 4 is 23.4 Å². The number of hydrogen-bond acceptors (Lipinski definition) is 4. The molecule has 0 saturated carbocycles. The quantitative estimate of drug-likeness (QED) is 0.916. The van der Waals surface area contributed by atoms with E-state index in [-0.39, 0.29) is 16.3 Å². The van der Waals surface area contributed by atoms with Crippen LogP contribution in [0.5, 0.6) is 0 Å². The van der Waals surface area contributed by atoms with Crippen LogP contribution < -0.4 is 5.32 Å². The molecule has 0 unspecified atom stereocenters. The normalized spacial score (nSPS) is 11.4. The summed E-state index contributed by atoms with van der Waals surface area (Å²) in [5.74, 6) is -0.0631. The SMILES string of the molecule is CC(C)(C)c1cc(NC(=O)c2ccncc2Cl)on1. The fourth-order valence-electron chi connectivity index (χ4n) is 1.43. The number of anilines is 1. The van der Waals surface area contributed by atoms with Crippen LogP contribution in [0.4, 0.5) is 5.88 Å². The van der Waals surface area contributed by atoms with Crippen molar-refractivity contribution < 1.29 is 9.32 Å². The number of pyridine rings is 1. The third kappa shape index (κ3) is 3.12. The minimum atomic E-state index is -0.357. The average molecular weight is 280 g/mol. The van der Waals surface area contributed by atoms with E-state index >= 15 is 0 Å². The number of rotatable bonds is 2. The van der Waals surface area contributed by atoms with Crippen molar-refractivity contribution in [2.24, 2.45) is 0 Å². The summed E-state index contributed by atoms with van der Waals surface area (Å²) in [6.45, 7) is 6.03. The molecule has 2 aromatic rings. The number of carbonyl (C=O) groups is 1. The predicted molar refractivity (Wildman–Crippen MR) is 72.4 cm³/mol. The van der Waals surface area contributed by atoms with Crippen molar-refractivity contribution in [2.45, 2.75) is 26.2 Å². The van der Waals surface area contributed by atoms with Crippen LogP contribution in [0.25, 0.3) is 0 Å². The van der Waals surface area contributed by atoms with Gasteiger partial charge < -0.3 is 4.52 Å². The maximum Gasteiger partial charge on any atom is 0.259 e. The van der Waals surface area contributed by atoms with Crippen molar-refractivity contribution in [1.82, 2.24) is 10.1 Å². The summed E-state index contributed by atoms with van der Waals surface area (Å²) in [7, 11) is 0. The molecule has 0 atom stereocenters. The molecule has 0 spiro atoms. The van der Waals surface area contributed by atoms with E-state index in [1.807, 2.05) is 20.8 Å². The monoisotopic (exact) mass is 279 g/mol. The van der Waals surface area contributed by atoms with Gasteiger partial charge in [0.15, 0.2) is 0 Å². The molecular formula is C13H14ClN3O2. The van der Waals surface area contributed by atoms with E-state index in [0.717, 1.165) is 5.69 Å². The first kappa shape index (κ1) is 13.5. The van der Waals surface area contributed by atoms with Gasteiger partial charge in [0.05, 0.1) is 16.3 Å². The zero-order chi connectivity index (χ0) is 14.0. The van der Waals surface area contributed by atoms with Crippen molar-refractivity contribution in [3.63, 3.8) is 0 Å². The van der Waals surface area contributed by atoms with E-state index < -0.39 is 0 Å². The second kappa shape index (κ2) is 5.01. The summed E-state index contributed by atoms with van der Waals surface area (Å²) >= 11 is 5.89. The van der Waals surface area contributed by atoms with Crippen LogP contribution in [0.15, 0.2) is 29.0 Å². The largest absolute Gasteiger partial charge is 0.338 e. The lowest BCUT2D eigenvalue weighted by Gasteiger charge is -2.12. The molecule has 5 nitrogen and oxygen atoms in total. The zero-order valence-corrected chi connectivity index (χ0v) is 11.7. The second-order valence-electron chi connectivity index (χ2n) is 5.14. The fourth-order valence-corrected chi connectivity index (χ4v) is 1.63. The van der Waals surface area contributed by atoms with Crippen molar-refractivity contribution in [3.8, 4) is 0 Å². The number of aromatic nitrogens is 2. The summed E-state index contributed by atoms with van der Waals surface area (Å²) in [5.41, 5.74) is 0.967. The first-order valence-electron chi connectivity index (χ1n) is 5.76. The summed E-state index contributed by atoms with van der Waals surface area (Å²) in [6.07, 6.45) is 2.92. The highest BCUT2D eigenvalue weighted by molar-refractivity contribution is 6.34. The lowest BCUT2D eigenvalue weighted by Crippen LogP contribution is -2.13. The molecule has 6 heteroatoms. The highest BCUT2D eigenvalue weighted by atomic mass is 35.5. The molecule has 0 saturated heterocycles. The van der Waals surface area contributed by atoms with E-state index in [4.69, 9.17) is 16.1 Å². The molecule has 1 N–H and O–H groups in total. The molecule has 2 aromatic heterocycles.